The number of carbonyl (C=O) groups is 1. The van der Waals surface area contributed by atoms with Crippen LogP contribution >= 0.6 is 0 Å². The normalized spacial score (nSPS) is 22.5. The number of hydrogen-bond donors (Lipinski definition) is 4. The molecule has 0 aromatic heterocycles. The van der Waals surface area contributed by atoms with Gasteiger partial charge >= 0.3 is 6.09 Å². The van der Waals surface area contributed by atoms with Crippen molar-refractivity contribution < 1.29 is 25.2 Å². The molecule has 1 fully saturated rings. The van der Waals surface area contributed by atoms with Crippen molar-refractivity contribution in [2.75, 3.05) is 19.7 Å². The minimum atomic E-state index is -1.26. The predicted molar refractivity (Wildman–Crippen MR) is 51.5 cm³/mol. The number of aliphatic hydroxyl groups excluding tert-OH is 2. The minimum absolute atomic E-state index is 0.115. The summed E-state index contributed by atoms with van der Waals surface area (Å²) in [5, 5.41) is 36.9. The Kier molecular flexibility index (Phi) is 3.90. The zero-order valence-electron chi connectivity index (χ0n) is 8.46. The van der Waals surface area contributed by atoms with Crippen LogP contribution in [-0.4, -0.2) is 62.8 Å². The van der Waals surface area contributed by atoms with Gasteiger partial charge in [0.2, 0.25) is 0 Å². The van der Waals surface area contributed by atoms with Gasteiger partial charge in [-0.15, -0.1) is 0 Å². The van der Waals surface area contributed by atoms with Gasteiger partial charge in [-0.1, -0.05) is 0 Å². The summed E-state index contributed by atoms with van der Waals surface area (Å²) in [7, 11) is 0. The molecule has 0 aliphatic carbocycles. The van der Waals surface area contributed by atoms with Crippen LogP contribution in [0.5, 0.6) is 0 Å². The van der Waals surface area contributed by atoms with Crippen molar-refractivity contribution in [3.05, 3.63) is 0 Å². The van der Waals surface area contributed by atoms with E-state index in [4.69, 9.17) is 10.2 Å². The minimum Gasteiger partial charge on any atom is -0.465 e. The van der Waals surface area contributed by atoms with Gasteiger partial charge in [-0.25, -0.2) is 4.79 Å². The molecule has 1 heterocycles. The molecular weight excluding hydrogens is 202 g/mol. The molecule has 6 heteroatoms. The van der Waals surface area contributed by atoms with Crippen LogP contribution in [0.25, 0.3) is 0 Å². The molecule has 1 amide bonds. The van der Waals surface area contributed by atoms with E-state index in [1.54, 1.807) is 0 Å². The van der Waals surface area contributed by atoms with Crippen LogP contribution in [0.3, 0.4) is 0 Å². The number of amides is 1. The molecule has 0 bridgehead atoms. The maximum atomic E-state index is 10.6. The van der Waals surface area contributed by atoms with E-state index in [2.05, 4.69) is 0 Å². The Morgan fingerprint density at radius 3 is 2.33 bits per heavy atom. The van der Waals surface area contributed by atoms with Crippen LogP contribution < -0.4 is 0 Å². The second-order valence-corrected chi connectivity index (χ2v) is 3.90. The lowest BCUT2D eigenvalue weighted by atomic mass is 9.85. The molecule has 1 rings (SSSR count). The lowest BCUT2D eigenvalue weighted by molar-refractivity contribution is -0.111. The number of likely N-dealkylation sites (tertiary alicyclic amines) is 1. The number of piperidine rings is 1. The summed E-state index contributed by atoms with van der Waals surface area (Å²) in [5.74, 6) is 0. The fraction of sp³-hybridized carbons (Fsp3) is 0.889. The van der Waals surface area contributed by atoms with Crippen LogP contribution in [0, 0.1) is 0 Å². The third-order valence-electron chi connectivity index (χ3n) is 2.92. The fourth-order valence-electron chi connectivity index (χ4n) is 1.81. The molecule has 0 spiro atoms. The molecule has 15 heavy (non-hydrogen) atoms. The highest BCUT2D eigenvalue weighted by molar-refractivity contribution is 5.65. The highest BCUT2D eigenvalue weighted by Crippen LogP contribution is 2.27. The average Bonchev–Trinajstić information content (AvgIpc) is 2.18. The van der Waals surface area contributed by atoms with Gasteiger partial charge in [-0.2, -0.15) is 0 Å². The first-order valence-corrected chi connectivity index (χ1v) is 4.99. The fourth-order valence-corrected chi connectivity index (χ4v) is 1.81. The number of nitrogens with zero attached hydrogens (tertiary/aromatic N) is 1. The predicted octanol–water partition coefficient (Wildman–Crippen LogP) is -0.765. The molecule has 1 atom stereocenters. The van der Waals surface area contributed by atoms with Gasteiger partial charge in [-0.3, -0.25) is 0 Å². The van der Waals surface area contributed by atoms with Gasteiger partial charge in [0.15, 0.2) is 0 Å². The largest absolute Gasteiger partial charge is 0.465 e. The zero-order chi connectivity index (χ0) is 11.5. The van der Waals surface area contributed by atoms with Gasteiger partial charge in [0.25, 0.3) is 0 Å². The summed E-state index contributed by atoms with van der Waals surface area (Å²) in [6.45, 7) is 0.245. The van der Waals surface area contributed by atoms with Crippen LogP contribution in [0.15, 0.2) is 0 Å². The van der Waals surface area contributed by atoms with Gasteiger partial charge in [0.05, 0.1) is 11.7 Å². The Labute approximate surface area is 87.8 Å². The highest BCUT2D eigenvalue weighted by atomic mass is 16.4. The lowest BCUT2D eigenvalue weighted by Gasteiger charge is -2.39. The molecule has 1 saturated heterocycles. The van der Waals surface area contributed by atoms with Crippen molar-refractivity contribution in [3.63, 3.8) is 0 Å². The topological polar surface area (TPSA) is 101 Å². The van der Waals surface area contributed by atoms with Gasteiger partial charge in [0, 0.05) is 19.7 Å². The van der Waals surface area contributed by atoms with Crippen molar-refractivity contribution in [2.45, 2.75) is 31.0 Å². The molecule has 1 aliphatic heterocycles. The summed E-state index contributed by atoms with van der Waals surface area (Å²) >= 11 is 0. The Hall–Kier alpha value is -0.850. The molecule has 0 aromatic carbocycles. The number of hydrogen-bond acceptors (Lipinski definition) is 4. The van der Waals surface area contributed by atoms with E-state index in [1.165, 1.54) is 4.90 Å². The molecular formula is C9H17NO5. The Balaban J connectivity index is 2.50. The number of carboxylic acid groups (broad SMARTS) is 1. The maximum Gasteiger partial charge on any atom is 0.407 e. The molecule has 0 saturated carbocycles. The second-order valence-electron chi connectivity index (χ2n) is 3.90. The summed E-state index contributed by atoms with van der Waals surface area (Å²) in [6, 6.07) is 0. The van der Waals surface area contributed by atoms with Crippen molar-refractivity contribution in [1.29, 1.82) is 0 Å². The second kappa shape index (κ2) is 4.78. The summed E-state index contributed by atoms with van der Waals surface area (Å²) < 4.78 is 0. The third kappa shape index (κ3) is 2.80. The number of rotatable bonds is 3. The first kappa shape index (κ1) is 12.2. The molecule has 0 radical (unpaired) electrons. The highest BCUT2D eigenvalue weighted by Gasteiger charge is 2.39. The maximum absolute atomic E-state index is 10.6. The van der Waals surface area contributed by atoms with Crippen molar-refractivity contribution in [1.82, 2.24) is 4.90 Å². The van der Waals surface area contributed by atoms with E-state index in [1.807, 2.05) is 0 Å². The smallest absolute Gasteiger partial charge is 0.407 e. The molecule has 4 N–H and O–H groups in total. The van der Waals surface area contributed by atoms with E-state index in [-0.39, 0.29) is 39.0 Å². The summed E-state index contributed by atoms with van der Waals surface area (Å²) in [5.41, 5.74) is -1.26. The van der Waals surface area contributed by atoms with Gasteiger partial charge < -0.3 is 25.3 Å². The van der Waals surface area contributed by atoms with Crippen LogP contribution in [0.1, 0.15) is 19.3 Å². The van der Waals surface area contributed by atoms with E-state index >= 15 is 0 Å². The molecule has 0 aromatic rings. The molecule has 1 aliphatic rings. The van der Waals surface area contributed by atoms with Crippen molar-refractivity contribution in [3.8, 4) is 0 Å². The van der Waals surface area contributed by atoms with Crippen LogP contribution in [0.2, 0.25) is 0 Å². The van der Waals surface area contributed by atoms with Gasteiger partial charge in [-0.05, 0) is 19.3 Å². The zero-order valence-corrected chi connectivity index (χ0v) is 8.46. The summed E-state index contributed by atoms with van der Waals surface area (Å²) in [6.07, 6.45) is -1.46. The van der Waals surface area contributed by atoms with Crippen molar-refractivity contribution >= 4 is 6.09 Å². The summed E-state index contributed by atoms with van der Waals surface area (Å²) in [4.78, 5) is 11.8. The first-order chi connectivity index (χ1) is 6.99. The number of aliphatic hydroxyl groups is 3. The third-order valence-corrected chi connectivity index (χ3v) is 2.92. The monoisotopic (exact) mass is 219 g/mol. The Morgan fingerprint density at radius 2 is 1.93 bits per heavy atom. The van der Waals surface area contributed by atoms with E-state index < -0.39 is 17.8 Å². The standard InChI is InChI=1S/C9H17NO5/c11-6-1-7(12)9(15)2-4-10(5-3-9)8(13)14/h7,11-12,15H,1-6H2,(H,13,14). The first-order valence-electron chi connectivity index (χ1n) is 4.99. The average molecular weight is 219 g/mol. The lowest BCUT2D eigenvalue weighted by Crippen LogP contribution is -2.52. The molecule has 1 unspecified atom stereocenters. The van der Waals surface area contributed by atoms with E-state index in [9.17, 15) is 15.0 Å². The Morgan fingerprint density at radius 1 is 1.40 bits per heavy atom. The van der Waals surface area contributed by atoms with E-state index in [0.29, 0.717) is 0 Å². The van der Waals surface area contributed by atoms with Crippen molar-refractivity contribution in [2.24, 2.45) is 0 Å². The molecule has 6 nitrogen and oxygen atoms in total. The quantitative estimate of drug-likeness (QED) is 0.499. The van der Waals surface area contributed by atoms with Gasteiger partial charge in [0.1, 0.15) is 0 Å². The van der Waals surface area contributed by atoms with E-state index in [0.717, 1.165) is 0 Å². The van der Waals surface area contributed by atoms with Crippen LogP contribution in [-0.2, 0) is 0 Å². The Bertz CT molecular complexity index is 225. The SMILES string of the molecule is O=C(O)N1CCC(O)(C(O)CCO)CC1. The molecule has 88 valence electrons. The van der Waals surface area contributed by atoms with Crippen LogP contribution in [0.4, 0.5) is 4.79 Å².